The Morgan fingerprint density at radius 2 is 1.72 bits per heavy atom. The van der Waals surface area contributed by atoms with E-state index in [0.29, 0.717) is 5.56 Å². The van der Waals surface area contributed by atoms with E-state index in [0.717, 1.165) is 0 Å². The lowest BCUT2D eigenvalue weighted by Crippen LogP contribution is -2.36. The number of ketones is 1. The molecule has 5 N–H and O–H groups in total. The molecule has 9 heteroatoms. The van der Waals surface area contributed by atoms with Crippen molar-refractivity contribution in [3.63, 3.8) is 0 Å². The highest BCUT2D eigenvalue weighted by molar-refractivity contribution is 7.91. The van der Waals surface area contributed by atoms with Crippen LogP contribution < -0.4 is 11.1 Å². The summed E-state index contributed by atoms with van der Waals surface area (Å²) in [5.41, 5.74) is 5.90. The summed E-state index contributed by atoms with van der Waals surface area (Å²) < 4.78 is 25.4. The van der Waals surface area contributed by atoms with Gasteiger partial charge in [0, 0.05) is 25.9 Å². The van der Waals surface area contributed by atoms with Gasteiger partial charge in [0.15, 0.2) is 9.84 Å². The van der Waals surface area contributed by atoms with Crippen molar-refractivity contribution in [2.45, 2.75) is 23.8 Å². The number of hydrogen-bond donors (Lipinski definition) is 4. The number of sulfone groups is 1. The molecule has 1 unspecified atom stereocenters. The van der Waals surface area contributed by atoms with Crippen LogP contribution in [0.2, 0.25) is 0 Å². The van der Waals surface area contributed by atoms with Gasteiger partial charge < -0.3 is 21.3 Å². The van der Waals surface area contributed by atoms with E-state index in [-0.39, 0.29) is 47.9 Å². The summed E-state index contributed by atoms with van der Waals surface area (Å²) in [6.07, 6.45) is -1.08. The summed E-state index contributed by atoms with van der Waals surface area (Å²) in [6, 6.07) is 11.8. The first-order valence-corrected chi connectivity index (χ1v) is 10.7. The third-order valence-electron chi connectivity index (χ3n) is 4.22. The van der Waals surface area contributed by atoms with Crippen LogP contribution in [-0.4, -0.2) is 55.3 Å². The lowest BCUT2D eigenvalue weighted by Gasteiger charge is -2.12. The van der Waals surface area contributed by atoms with Crippen molar-refractivity contribution >= 4 is 21.5 Å². The fourth-order valence-electron chi connectivity index (χ4n) is 2.60. The molecule has 0 aromatic heterocycles. The van der Waals surface area contributed by atoms with Crippen molar-refractivity contribution in [2.75, 3.05) is 18.8 Å². The number of nitrogens with two attached hydrogens (primary N) is 1. The van der Waals surface area contributed by atoms with Crippen molar-refractivity contribution in [3.05, 3.63) is 59.7 Å². The van der Waals surface area contributed by atoms with Crippen LogP contribution >= 0.6 is 0 Å². The van der Waals surface area contributed by atoms with E-state index >= 15 is 0 Å². The highest BCUT2D eigenvalue weighted by Gasteiger charge is 2.23. The maximum Gasteiger partial charge on any atom is 0.252 e. The van der Waals surface area contributed by atoms with E-state index in [1.807, 2.05) is 0 Å². The van der Waals surface area contributed by atoms with Gasteiger partial charge in [-0.1, -0.05) is 24.3 Å². The normalized spacial score (nSPS) is 12.3. The first kappa shape index (κ1) is 22.5. The molecule has 0 fully saturated rings. The van der Waals surface area contributed by atoms with Gasteiger partial charge in [-0.05, 0) is 29.8 Å². The summed E-state index contributed by atoms with van der Waals surface area (Å²) in [7, 11) is -3.88. The summed E-state index contributed by atoms with van der Waals surface area (Å²) in [5, 5.41) is 21.2. The molecule has 0 heterocycles. The second-order valence-corrected chi connectivity index (χ2v) is 8.62. The van der Waals surface area contributed by atoms with Crippen LogP contribution in [0.4, 0.5) is 0 Å². The SMILES string of the molecule is NCC(O)CNC(=O)c1ccccc1S(=O)(=O)CCC(=O)Cc1ccc(O)cc1. The molecule has 0 spiro atoms. The molecule has 0 aliphatic heterocycles. The minimum absolute atomic E-state index is 0.0383. The number of hydrogen-bond acceptors (Lipinski definition) is 7. The number of carbonyl (C=O) groups excluding carboxylic acids is 2. The van der Waals surface area contributed by atoms with Gasteiger partial charge in [-0.2, -0.15) is 0 Å². The Hall–Kier alpha value is -2.75. The summed E-state index contributed by atoms with van der Waals surface area (Å²) in [6.45, 7) is -0.141. The number of aliphatic hydroxyl groups excluding tert-OH is 1. The molecular weight excluding hydrogens is 396 g/mol. The Kier molecular flexibility index (Phi) is 7.89. The number of rotatable bonds is 10. The molecule has 2 aromatic carbocycles. The van der Waals surface area contributed by atoms with Gasteiger partial charge >= 0.3 is 0 Å². The van der Waals surface area contributed by atoms with Crippen molar-refractivity contribution in [2.24, 2.45) is 5.73 Å². The van der Waals surface area contributed by atoms with E-state index in [2.05, 4.69) is 5.32 Å². The summed E-state index contributed by atoms with van der Waals surface area (Å²) >= 11 is 0. The zero-order valence-electron chi connectivity index (χ0n) is 15.7. The molecule has 0 aliphatic carbocycles. The Balaban J connectivity index is 2.05. The highest BCUT2D eigenvalue weighted by Crippen LogP contribution is 2.19. The van der Waals surface area contributed by atoms with Crippen LogP contribution in [0.1, 0.15) is 22.3 Å². The van der Waals surface area contributed by atoms with Crippen molar-refractivity contribution in [3.8, 4) is 5.75 Å². The number of nitrogens with one attached hydrogen (secondary N) is 1. The van der Waals surface area contributed by atoms with Crippen LogP contribution in [0.15, 0.2) is 53.4 Å². The maximum atomic E-state index is 12.7. The van der Waals surface area contributed by atoms with Crippen LogP contribution in [0.3, 0.4) is 0 Å². The number of phenolic OH excluding ortho intramolecular Hbond substituents is 1. The van der Waals surface area contributed by atoms with Gasteiger partial charge in [-0.25, -0.2) is 8.42 Å². The van der Waals surface area contributed by atoms with E-state index < -0.39 is 27.6 Å². The van der Waals surface area contributed by atoms with Gasteiger partial charge in [-0.3, -0.25) is 9.59 Å². The number of benzene rings is 2. The quantitative estimate of drug-likeness (QED) is 0.435. The molecule has 0 aliphatic rings. The maximum absolute atomic E-state index is 12.7. The molecule has 0 bridgehead atoms. The smallest absolute Gasteiger partial charge is 0.252 e. The molecule has 8 nitrogen and oxygen atoms in total. The van der Waals surface area contributed by atoms with E-state index in [4.69, 9.17) is 5.73 Å². The third-order valence-corrected chi connectivity index (χ3v) is 5.99. The first-order valence-electron chi connectivity index (χ1n) is 9.00. The number of phenols is 1. The summed E-state index contributed by atoms with van der Waals surface area (Å²) in [4.78, 5) is 24.3. The second-order valence-electron chi connectivity index (χ2n) is 6.55. The van der Waals surface area contributed by atoms with E-state index in [9.17, 15) is 28.2 Å². The topological polar surface area (TPSA) is 147 Å². The van der Waals surface area contributed by atoms with Crippen LogP contribution in [0.25, 0.3) is 0 Å². The second kappa shape index (κ2) is 10.1. The zero-order valence-corrected chi connectivity index (χ0v) is 16.6. The van der Waals surface area contributed by atoms with Crippen molar-refractivity contribution in [1.82, 2.24) is 5.32 Å². The number of aliphatic hydroxyl groups is 1. The van der Waals surface area contributed by atoms with Gasteiger partial charge in [0.1, 0.15) is 11.5 Å². The van der Waals surface area contributed by atoms with Gasteiger partial charge in [0.05, 0.1) is 22.3 Å². The molecule has 29 heavy (non-hydrogen) atoms. The highest BCUT2D eigenvalue weighted by atomic mass is 32.2. The Morgan fingerprint density at radius 1 is 1.07 bits per heavy atom. The third kappa shape index (κ3) is 6.67. The molecule has 0 saturated heterocycles. The minimum atomic E-state index is -3.88. The average molecular weight is 420 g/mol. The lowest BCUT2D eigenvalue weighted by atomic mass is 10.1. The predicted molar refractivity (Wildman–Crippen MR) is 107 cm³/mol. The number of Topliss-reactive ketones (excluding diaryl/α,β-unsaturated/α-hetero) is 1. The Morgan fingerprint density at radius 3 is 2.38 bits per heavy atom. The molecule has 1 amide bonds. The molecule has 2 aromatic rings. The predicted octanol–water partition coefficient (Wildman–Crippen LogP) is 0.417. The average Bonchev–Trinajstić information content (AvgIpc) is 2.72. The summed E-state index contributed by atoms with van der Waals surface area (Å²) in [5.74, 6) is -1.27. The molecule has 156 valence electrons. The molecule has 0 radical (unpaired) electrons. The largest absolute Gasteiger partial charge is 0.508 e. The number of amides is 1. The Bertz CT molecular complexity index is 957. The van der Waals surface area contributed by atoms with Crippen molar-refractivity contribution < 1.29 is 28.2 Å². The van der Waals surface area contributed by atoms with E-state index in [1.54, 1.807) is 12.1 Å². The molecule has 1 atom stereocenters. The number of aromatic hydroxyl groups is 1. The fourth-order valence-corrected chi connectivity index (χ4v) is 4.10. The van der Waals surface area contributed by atoms with Crippen LogP contribution in [-0.2, 0) is 21.1 Å². The fraction of sp³-hybridized carbons (Fsp3) is 0.300. The van der Waals surface area contributed by atoms with E-state index in [1.165, 1.54) is 36.4 Å². The van der Waals surface area contributed by atoms with Crippen LogP contribution in [0.5, 0.6) is 5.75 Å². The number of carbonyl (C=O) groups is 2. The van der Waals surface area contributed by atoms with Gasteiger partial charge in [0.25, 0.3) is 5.91 Å². The van der Waals surface area contributed by atoms with Crippen molar-refractivity contribution in [1.29, 1.82) is 0 Å². The molecule has 2 rings (SSSR count). The van der Waals surface area contributed by atoms with Crippen LogP contribution in [0, 0.1) is 0 Å². The Labute approximate surface area is 169 Å². The zero-order chi connectivity index (χ0) is 21.4. The minimum Gasteiger partial charge on any atom is -0.508 e. The monoisotopic (exact) mass is 420 g/mol. The van der Waals surface area contributed by atoms with Gasteiger partial charge in [0.2, 0.25) is 0 Å². The molecule has 0 saturated carbocycles. The first-order chi connectivity index (χ1) is 13.7. The molecular formula is C20H24N2O6S. The lowest BCUT2D eigenvalue weighted by molar-refractivity contribution is -0.118. The van der Waals surface area contributed by atoms with Gasteiger partial charge in [-0.15, -0.1) is 0 Å². The standard InChI is InChI=1S/C20H24N2O6S/c21-12-17(25)13-22-20(26)18-3-1-2-4-19(18)29(27,28)10-9-16(24)11-14-5-7-15(23)8-6-14/h1-8,17,23,25H,9-13,21H2,(H,22,26).